The highest BCUT2D eigenvalue weighted by Gasteiger charge is 2.06. The number of hydrogen-bond donors (Lipinski definition) is 0. The highest BCUT2D eigenvalue weighted by molar-refractivity contribution is 7.16. The first-order valence-corrected chi connectivity index (χ1v) is 3.22. The topological polar surface area (TPSA) is 9.23 Å². The molecule has 1 unspecified atom stereocenters. The van der Waals surface area contributed by atoms with Gasteiger partial charge >= 0.3 is 0 Å². The number of hydrogen-bond acceptors (Lipinski definition) is 1. The van der Waals surface area contributed by atoms with Crippen molar-refractivity contribution in [3.05, 3.63) is 0 Å². The lowest BCUT2D eigenvalue weighted by Gasteiger charge is -2.17. The van der Waals surface area contributed by atoms with Crippen molar-refractivity contribution in [2.45, 2.75) is 26.4 Å². The van der Waals surface area contributed by atoms with Crippen LogP contribution in [-0.2, 0) is 4.74 Å². The standard InChI is InChI=1S/C5H13OP/c1-5(2,3)6-4-7/h4,7H2,1-3H3. The van der Waals surface area contributed by atoms with Gasteiger partial charge in [0.25, 0.3) is 0 Å². The Morgan fingerprint density at radius 1 is 1.43 bits per heavy atom. The van der Waals surface area contributed by atoms with E-state index in [0.717, 1.165) is 6.35 Å². The Morgan fingerprint density at radius 2 is 1.86 bits per heavy atom. The van der Waals surface area contributed by atoms with E-state index in [-0.39, 0.29) is 5.60 Å². The van der Waals surface area contributed by atoms with Gasteiger partial charge in [0, 0.05) is 0 Å². The Labute approximate surface area is 47.6 Å². The Hall–Kier alpha value is 0.390. The van der Waals surface area contributed by atoms with Crippen molar-refractivity contribution in [3.63, 3.8) is 0 Å². The predicted molar refractivity (Wildman–Crippen MR) is 35.4 cm³/mol. The molecular weight excluding hydrogens is 107 g/mol. The number of rotatable bonds is 1. The summed E-state index contributed by atoms with van der Waals surface area (Å²) in [5, 5.41) is 0. The van der Waals surface area contributed by atoms with Crippen molar-refractivity contribution in [2.75, 3.05) is 6.35 Å². The molecule has 0 saturated carbocycles. The van der Waals surface area contributed by atoms with Crippen molar-refractivity contribution >= 4 is 9.24 Å². The monoisotopic (exact) mass is 120 g/mol. The minimum absolute atomic E-state index is 0.0295. The van der Waals surface area contributed by atoms with Crippen LogP contribution in [0.2, 0.25) is 0 Å². The lowest BCUT2D eigenvalue weighted by molar-refractivity contribution is 0.0284. The summed E-state index contributed by atoms with van der Waals surface area (Å²) < 4.78 is 5.19. The molecule has 0 aromatic carbocycles. The van der Waals surface area contributed by atoms with Crippen LogP contribution in [-0.4, -0.2) is 11.9 Å². The number of ether oxygens (including phenoxy) is 1. The normalized spacial score (nSPS) is 12.0. The molecule has 7 heavy (non-hydrogen) atoms. The molecule has 0 spiro atoms. The summed E-state index contributed by atoms with van der Waals surface area (Å²) in [5.41, 5.74) is 0.0295. The molecule has 0 aromatic heterocycles. The van der Waals surface area contributed by atoms with E-state index in [4.69, 9.17) is 4.74 Å². The first-order valence-electron chi connectivity index (χ1n) is 2.40. The Bertz CT molecular complexity index is 46.5. The maximum absolute atomic E-state index is 5.19. The average molecular weight is 120 g/mol. The maximum atomic E-state index is 5.19. The van der Waals surface area contributed by atoms with Gasteiger partial charge in [-0.25, -0.2) is 0 Å². The quantitative estimate of drug-likeness (QED) is 0.478. The first-order chi connectivity index (χ1) is 3.06. The van der Waals surface area contributed by atoms with E-state index in [1.165, 1.54) is 0 Å². The fourth-order valence-corrected chi connectivity index (χ4v) is 0.750. The molecule has 0 aromatic rings. The van der Waals surface area contributed by atoms with E-state index in [9.17, 15) is 0 Å². The van der Waals surface area contributed by atoms with Gasteiger partial charge in [0.1, 0.15) is 0 Å². The second-order valence-corrected chi connectivity index (χ2v) is 2.76. The largest absolute Gasteiger partial charge is 0.372 e. The van der Waals surface area contributed by atoms with Crippen molar-refractivity contribution in [1.82, 2.24) is 0 Å². The van der Waals surface area contributed by atoms with Gasteiger partial charge in [0.05, 0.1) is 11.9 Å². The molecule has 1 atom stereocenters. The zero-order valence-electron chi connectivity index (χ0n) is 5.19. The van der Waals surface area contributed by atoms with Crippen LogP contribution in [0.25, 0.3) is 0 Å². The minimum Gasteiger partial charge on any atom is -0.372 e. The van der Waals surface area contributed by atoms with Gasteiger partial charge in [-0.15, -0.1) is 9.24 Å². The zero-order chi connectivity index (χ0) is 5.91. The molecule has 0 amide bonds. The lowest BCUT2D eigenvalue weighted by Crippen LogP contribution is -2.17. The van der Waals surface area contributed by atoms with Crippen LogP contribution in [0.5, 0.6) is 0 Å². The summed E-state index contributed by atoms with van der Waals surface area (Å²) >= 11 is 0. The van der Waals surface area contributed by atoms with Gasteiger partial charge in [0.2, 0.25) is 0 Å². The fraction of sp³-hybridized carbons (Fsp3) is 1.00. The van der Waals surface area contributed by atoms with Gasteiger partial charge < -0.3 is 4.74 Å². The van der Waals surface area contributed by atoms with E-state index in [2.05, 4.69) is 9.24 Å². The highest BCUT2D eigenvalue weighted by atomic mass is 31.0. The Balaban J connectivity index is 3.15. The SMILES string of the molecule is CC(C)(C)OCP. The van der Waals surface area contributed by atoms with Gasteiger partial charge in [-0.05, 0) is 20.8 Å². The molecule has 0 bridgehead atoms. The molecule has 0 N–H and O–H groups in total. The molecule has 0 aliphatic heterocycles. The van der Waals surface area contributed by atoms with Crippen LogP contribution in [0, 0.1) is 0 Å². The van der Waals surface area contributed by atoms with E-state index in [1.54, 1.807) is 0 Å². The molecule has 0 radical (unpaired) electrons. The lowest BCUT2D eigenvalue weighted by atomic mass is 10.2. The Morgan fingerprint density at radius 3 is 1.86 bits per heavy atom. The molecule has 0 aliphatic carbocycles. The molecule has 0 fully saturated rings. The van der Waals surface area contributed by atoms with Crippen LogP contribution < -0.4 is 0 Å². The van der Waals surface area contributed by atoms with E-state index >= 15 is 0 Å². The van der Waals surface area contributed by atoms with Crippen molar-refractivity contribution in [1.29, 1.82) is 0 Å². The summed E-state index contributed by atoms with van der Waals surface area (Å²) in [6, 6.07) is 0. The van der Waals surface area contributed by atoms with Gasteiger partial charge in [-0.1, -0.05) is 0 Å². The third-order valence-corrected chi connectivity index (χ3v) is 0.683. The van der Waals surface area contributed by atoms with Crippen LogP contribution in [0.1, 0.15) is 20.8 Å². The second-order valence-electron chi connectivity index (χ2n) is 2.42. The van der Waals surface area contributed by atoms with Gasteiger partial charge in [0.15, 0.2) is 0 Å². The van der Waals surface area contributed by atoms with Crippen molar-refractivity contribution in [2.24, 2.45) is 0 Å². The minimum atomic E-state index is 0.0295. The molecule has 0 aliphatic rings. The zero-order valence-corrected chi connectivity index (χ0v) is 6.35. The van der Waals surface area contributed by atoms with E-state index in [0.29, 0.717) is 0 Å². The highest BCUT2D eigenvalue weighted by Crippen LogP contribution is 2.06. The summed E-state index contributed by atoms with van der Waals surface area (Å²) in [7, 11) is 2.52. The first kappa shape index (κ1) is 7.39. The second kappa shape index (κ2) is 2.64. The smallest absolute Gasteiger partial charge is 0.0609 e. The Kier molecular flexibility index (Phi) is 2.78. The molecular formula is C5H13OP. The third-order valence-electron chi connectivity index (χ3n) is 0.516. The van der Waals surface area contributed by atoms with Crippen LogP contribution >= 0.6 is 9.24 Å². The fourth-order valence-electron chi connectivity index (χ4n) is 0.250. The van der Waals surface area contributed by atoms with Crippen molar-refractivity contribution in [3.8, 4) is 0 Å². The van der Waals surface area contributed by atoms with Gasteiger partial charge in [-0.3, -0.25) is 0 Å². The maximum Gasteiger partial charge on any atom is 0.0609 e. The summed E-state index contributed by atoms with van der Waals surface area (Å²) in [5.74, 6) is 0. The average Bonchev–Trinajstić information content (AvgIpc) is 1.30. The molecule has 0 rings (SSSR count). The van der Waals surface area contributed by atoms with Crippen LogP contribution in [0.3, 0.4) is 0 Å². The van der Waals surface area contributed by atoms with Crippen molar-refractivity contribution < 1.29 is 4.74 Å². The van der Waals surface area contributed by atoms with Crippen LogP contribution in [0.15, 0.2) is 0 Å². The molecule has 44 valence electrons. The molecule has 2 heteroatoms. The summed E-state index contributed by atoms with van der Waals surface area (Å²) in [4.78, 5) is 0. The molecule has 0 saturated heterocycles. The van der Waals surface area contributed by atoms with Crippen LogP contribution in [0.4, 0.5) is 0 Å². The van der Waals surface area contributed by atoms with E-state index in [1.807, 2.05) is 20.8 Å². The predicted octanol–water partition coefficient (Wildman–Crippen LogP) is 1.63. The summed E-state index contributed by atoms with van der Waals surface area (Å²) in [6.45, 7) is 6.12. The molecule has 1 nitrogen and oxygen atoms in total. The summed E-state index contributed by atoms with van der Waals surface area (Å²) in [6.07, 6.45) is 0.726. The van der Waals surface area contributed by atoms with Gasteiger partial charge in [-0.2, -0.15) is 0 Å². The third kappa shape index (κ3) is 6.39. The van der Waals surface area contributed by atoms with E-state index < -0.39 is 0 Å². The molecule has 0 heterocycles.